The highest BCUT2D eigenvalue weighted by atomic mass is 32.2. The van der Waals surface area contributed by atoms with Crippen LogP contribution in [0.3, 0.4) is 0 Å². The summed E-state index contributed by atoms with van der Waals surface area (Å²) in [7, 11) is -0.197. The smallest absolute Gasteiger partial charge is 0.258 e. The van der Waals surface area contributed by atoms with Crippen LogP contribution < -0.4 is 14.8 Å². The Hall–Kier alpha value is -3.37. The number of amides is 1. The highest BCUT2D eigenvalue weighted by molar-refractivity contribution is 7.84. The molecule has 2 N–H and O–H groups in total. The molecule has 3 aromatic rings. The number of alkyl halides is 1. The molecule has 1 aromatic carbocycles. The molecule has 1 unspecified atom stereocenters. The predicted octanol–water partition coefficient (Wildman–Crippen LogP) is 2.89. The number of methoxy groups -OCH3 is 1. The normalized spacial score (nSPS) is 11.6. The van der Waals surface area contributed by atoms with Gasteiger partial charge < -0.3 is 19.9 Å². The van der Waals surface area contributed by atoms with Crippen molar-refractivity contribution in [1.82, 2.24) is 9.97 Å². The molecule has 0 aliphatic heterocycles. The van der Waals surface area contributed by atoms with E-state index in [2.05, 4.69) is 15.3 Å². The van der Waals surface area contributed by atoms with Crippen LogP contribution in [-0.4, -0.2) is 45.6 Å². The van der Waals surface area contributed by atoms with Crippen molar-refractivity contribution in [2.24, 2.45) is 0 Å². The summed E-state index contributed by atoms with van der Waals surface area (Å²) in [5.74, 6) is 0.379. The summed E-state index contributed by atoms with van der Waals surface area (Å²) in [4.78, 5) is 21.0. The molecule has 0 saturated heterocycles. The van der Waals surface area contributed by atoms with E-state index in [1.165, 1.54) is 31.6 Å². The molecule has 1 amide bonds. The van der Waals surface area contributed by atoms with Crippen LogP contribution in [0.25, 0.3) is 0 Å². The van der Waals surface area contributed by atoms with Gasteiger partial charge in [-0.3, -0.25) is 14.0 Å². The van der Waals surface area contributed by atoms with E-state index in [9.17, 15) is 18.5 Å². The summed E-state index contributed by atoms with van der Waals surface area (Å²) in [6.07, 6.45) is 2.92. The molecule has 0 aliphatic rings. The Balaban J connectivity index is 1.83. The van der Waals surface area contributed by atoms with E-state index < -0.39 is 23.4 Å². The van der Waals surface area contributed by atoms with Crippen LogP contribution in [0, 0.1) is 0 Å². The van der Waals surface area contributed by atoms with Crippen LogP contribution in [0.5, 0.6) is 11.5 Å². The van der Waals surface area contributed by atoms with E-state index in [0.29, 0.717) is 28.4 Å². The molecule has 0 bridgehead atoms. The van der Waals surface area contributed by atoms with Crippen LogP contribution in [-0.2, 0) is 23.2 Å². The highest BCUT2D eigenvalue weighted by Crippen LogP contribution is 2.28. The van der Waals surface area contributed by atoms with E-state index in [1.54, 1.807) is 30.3 Å². The maximum absolute atomic E-state index is 13.1. The minimum absolute atomic E-state index is 0.00677. The van der Waals surface area contributed by atoms with Gasteiger partial charge in [0.15, 0.2) is 0 Å². The van der Waals surface area contributed by atoms with E-state index in [4.69, 9.17) is 9.47 Å². The first kappa shape index (κ1) is 23.3. The lowest BCUT2D eigenvalue weighted by molar-refractivity contribution is 0.102. The maximum Gasteiger partial charge on any atom is 0.258 e. The van der Waals surface area contributed by atoms with Gasteiger partial charge in [-0.2, -0.15) is 0 Å². The summed E-state index contributed by atoms with van der Waals surface area (Å²) in [5, 5.41) is 12.0. The third kappa shape index (κ3) is 5.86. The number of rotatable bonds is 10. The molecule has 0 spiro atoms. The van der Waals surface area contributed by atoms with Gasteiger partial charge in [0.25, 0.3) is 5.91 Å². The molecule has 1 atom stereocenters. The number of aliphatic hydroxyl groups excluding tert-OH is 1. The van der Waals surface area contributed by atoms with Gasteiger partial charge in [-0.25, -0.2) is 9.37 Å². The number of hydrogen-bond donors (Lipinski definition) is 2. The number of benzene rings is 1. The van der Waals surface area contributed by atoms with Crippen LogP contribution >= 0.6 is 0 Å². The average molecular weight is 459 g/mol. The third-order valence-corrected chi connectivity index (χ3v) is 5.69. The number of aliphatic hydroxyl groups is 1. The molecular formula is C22H22FN3O5S. The fourth-order valence-electron chi connectivity index (χ4n) is 2.86. The Bertz CT molecular complexity index is 1110. The standard InChI is InChI=1S/C22H22FN3O5S/c1-30-18-5-4-15(20(12-18)31-10-7-23)14-32(29)22-19(3-2-8-25-22)21(28)26-16-6-9-24-17(11-16)13-27/h2-6,8-9,11-12,27H,7,10,13-14H2,1H3,(H,24,26,28). The molecule has 0 radical (unpaired) electrons. The highest BCUT2D eigenvalue weighted by Gasteiger charge is 2.20. The number of halogens is 1. The first-order valence-electron chi connectivity index (χ1n) is 9.62. The molecule has 168 valence electrons. The Kier molecular flexibility index (Phi) is 8.23. The maximum atomic E-state index is 13.1. The Morgan fingerprint density at radius 2 is 2.03 bits per heavy atom. The van der Waals surface area contributed by atoms with Crippen molar-refractivity contribution in [3.8, 4) is 11.5 Å². The van der Waals surface area contributed by atoms with Crippen molar-refractivity contribution in [2.75, 3.05) is 25.7 Å². The van der Waals surface area contributed by atoms with Crippen LogP contribution in [0.15, 0.2) is 59.9 Å². The average Bonchev–Trinajstić information content (AvgIpc) is 2.83. The minimum Gasteiger partial charge on any atom is -0.497 e. The summed E-state index contributed by atoms with van der Waals surface area (Å²) in [5.41, 5.74) is 1.55. The Labute approximate surface area is 186 Å². The van der Waals surface area contributed by atoms with E-state index in [1.807, 2.05) is 0 Å². The Morgan fingerprint density at radius 1 is 1.19 bits per heavy atom. The molecule has 0 fully saturated rings. The van der Waals surface area contributed by atoms with E-state index in [0.717, 1.165) is 0 Å². The summed E-state index contributed by atoms with van der Waals surface area (Å²) < 4.78 is 36.3. The molecule has 0 aliphatic carbocycles. The second-order valence-corrected chi connectivity index (χ2v) is 7.87. The van der Waals surface area contributed by atoms with Gasteiger partial charge in [-0.05, 0) is 30.3 Å². The molecule has 0 saturated carbocycles. The van der Waals surface area contributed by atoms with Gasteiger partial charge in [0.2, 0.25) is 0 Å². The van der Waals surface area contributed by atoms with Crippen LogP contribution in [0.1, 0.15) is 21.6 Å². The lowest BCUT2D eigenvalue weighted by Gasteiger charge is -2.13. The summed E-state index contributed by atoms with van der Waals surface area (Å²) >= 11 is 0. The van der Waals surface area contributed by atoms with Gasteiger partial charge in [0, 0.05) is 29.7 Å². The van der Waals surface area contributed by atoms with Crippen molar-refractivity contribution in [1.29, 1.82) is 0 Å². The predicted molar refractivity (Wildman–Crippen MR) is 117 cm³/mol. The van der Waals surface area contributed by atoms with Crippen LogP contribution in [0.4, 0.5) is 10.1 Å². The van der Waals surface area contributed by atoms with Gasteiger partial charge >= 0.3 is 0 Å². The summed E-state index contributed by atoms with van der Waals surface area (Å²) in [6.45, 7) is -1.08. The van der Waals surface area contributed by atoms with Gasteiger partial charge in [0.05, 0.1) is 41.5 Å². The summed E-state index contributed by atoms with van der Waals surface area (Å²) in [6, 6.07) is 11.2. The first-order chi connectivity index (χ1) is 15.5. The molecule has 8 nitrogen and oxygen atoms in total. The number of carbonyl (C=O) groups is 1. The molecule has 2 heterocycles. The van der Waals surface area contributed by atoms with Crippen molar-refractivity contribution in [2.45, 2.75) is 17.4 Å². The zero-order valence-electron chi connectivity index (χ0n) is 17.3. The minimum atomic E-state index is -1.69. The fourth-order valence-corrected chi connectivity index (χ4v) is 4.10. The molecular weight excluding hydrogens is 437 g/mol. The molecule has 3 rings (SSSR count). The quantitative estimate of drug-likeness (QED) is 0.480. The SMILES string of the molecule is COc1ccc(CS(=O)c2ncccc2C(=O)Nc2ccnc(CO)c2)c(OCCF)c1. The number of pyridine rings is 2. The Morgan fingerprint density at radius 3 is 2.78 bits per heavy atom. The monoisotopic (exact) mass is 459 g/mol. The second-order valence-electron chi connectivity index (χ2n) is 6.51. The number of hydrogen-bond acceptors (Lipinski definition) is 7. The van der Waals surface area contributed by atoms with Crippen molar-refractivity contribution < 1.29 is 28.0 Å². The van der Waals surface area contributed by atoms with Crippen molar-refractivity contribution in [3.63, 3.8) is 0 Å². The number of aromatic nitrogens is 2. The van der Waals surface area contributed by atoms with Crippen molar-refractivity contribution >= 4 is 22.4 Å². The lowest BCUT2D eigenvalue weighted by atomic mass is 10.2. The number of carbonyl (C=O) groups excluding carboxylic acids is 1. The van der Waals surface area contributed by atoms with Crippen molar-refractivity contribution in [3.05, 3.63) is 71.7 Å². The van der Waals surface area contributed by atoms with Gasteiger partial charge in [0.1, 0.15) is 29.8 Å². The van der Waals surface area contributed by atoms with Gasteiger partial charge in [-0.1, -0.05) is 6.07 Å². The largest absolute Gasteiger partial charge is 0.497 e. The second kappa shape index (κ2) is 11.3. The topological polar surface area (TPSA) is 111 Å². The van der Waals surface area contributed by atoms with Crippen LogP contribution in [0.2, 0.25) is 0 Å². The molecule has 10 heteroatoms. The van der Waals surface area contributed by atoms with E-state index >= 15 is 0 Å². The zero-order chi connectivity index (χ0) is 22.9. The molecule has 32 heavy (non-hydrogen) atoms. The van der Waals surface area contributed by atoms with E-state index in [-0.39, 0.29) is 29.6 Å². The lowest BCUT2D eigenvalue weighted by Crippen LogP contribution is -2.16. The first-order valence-corrected chi connectivity index (χ1v) is 10.9. The third-order valence-electron chi connectivity index (χ3n) is 4.36. The molecule has 2 aromatic heterocycles. The number of nitrogens with zero attached hydrogens (tertiary/aromatic N) is 2. The number of nitrogens with one attached hydrogen (secondary N) is 1. The number of anilines is 1. The fraction of sp³-hybridized carbons (Fsp3) is 0.227. The number of ether oxygens (including phenoxy) is 2. The van der Waals surface area contributed by atoms with Gasteiger partial charge in [-0.15, -0.1) is 0 Å². The zero-order valence-corrected chi connectivity index (χ0v) is 18.1.